The zero-order chi connectivity index (χ0) is 15.2. The molecule has 2 aliphatic rings. The molecule has 0 spiro atoms. The van der Waals surface area contributed by atoms with Crippen molar-refractivity contribution >= 4 is 17.7 Å². The Balaban J connectivity index is 1.91. The van der Waals surface area contributed by atoms with Crippen LogP contribution in [0.2, 0.25) is 0 Å². The van der Waals surface area contributed by atoms with E-state index in [-0.39, 0.29) is 36.7 Å². The number of hydrogen-bond donors (Lipinski definition) is 2. The minimum absolute atomic E-state index is 0.0590. The standard InChI is InChI=1S/C15H25N3O3/c1-2-16-13(19)10-17-12-9-14(20)18(15(12)21)11-7-5-3-4-6-8-11/h11-12,17H,2-10H2,1H3,(H,16,19). The zero-order valence-electron chi connectivity index (χ0n) is 12.7. The highest BCUT2D eigenvalue weighted by Crippen LogP contribution is 2.26. The number of rotatable bonds is 5. The molecule has 1 aliphatic carbocycles. The van der Waals surface area contributed by atoms with E-state index in [9.17, 15) is 14.4 Å². The first-order valence-corrected chi connectivity index (χ1v) is 7.99. The van der Waals surface area contributed by atoms with E-state index in [2.05, 4.69) is 10.6 Å². The summed E-state index contributed by atoms with van der Waals surface area (Å²) < 4.78 is 0. The molecule has 1 saturated carbocycles. The molecule has 1 saturated heterocycles. The van der Waals surface area contributed by atoms with Gasteiger partial charge in [-0.15, -0.1) is 0 Å². The summed E-state index contributed by atoms with van der Waals surface area (Å²) in [6.07, 6.45) is 6.55. The van der Waals surface area contributed by atoms with Gasteiger partial charge in [0, 0.05) is 12.6 Å². The number of amides is 3. The minimum Gasteiger partial charge on any atom is -0.355 e. The Labute approximate surface area is 125 Å². The summed E-state index contributed by atoms with van der Waals surface area (Å²) >= 11 is 0. The van der Waals surface area contributed by atoms with Crippen LogP contribution in [0.25, 0.3) is 0 Å². The summed E-state index contributed by atoms with van der Waals surface area (Å²) in [7, 11) is 0. The molecule has 0 aromatic heterocycles. The quantitative estimate of drug-likeness (QED) is 0.574. The summed E-state index contributed by atoms with van der Waals surface area (Å²) in [5.41, 5.74) is 0. The van der Waals surface area contributed by atoms with Crippen molar-refractivity contribution in [2.75, 3.05) is 13.1 Å². The van der Waals surface area contributed by atoms with Gasteiger partial charge < -0.3 is 5.32 Å². The first-order valence-electron chi connectivity index (χ1n) is 7.99. The minimum atomic E-state index is -0.539. The molecule has 21 heavy (non-hydrogen) atoms. The first-order chi connectivity index (χ1) is 10.1. The lowest BCUT2D eigenvalue weighted by Gasteiger charge is -2.25. The van der Waals surface area contributed by atoms with Gasteiger partial charge in [0.15, 0.2) is 0 Å². The van der Waals surface area contributed by atoms with Crippen molar-refractivity contribution < 1.29 is 14.4 Å². The largest absolute Gasteiger partial charge is 0.355 e. The van der Waals surface area contributed by atoms with E-state index in [4.69, 9.17) is 0 Å². The summed E-state index contributed by atoms with van der Waals surface area (Å²) in [5, 5.41) is 5.57. The van der Waals surface area contributed by atoms with Crippen molar-refractivity contribution in [2.24, 2.45) is 0 Å². The predicted octanol–water partition coefficient (Wildman–Crippen LogP) is 0.562. The van der Waals surface area contributed by atoms with Crippen LogP contribution in [-0.2, 0) is 14.4 Å². The lowest BCUT2D eigenvalue weighted by Crippen LogP contribution is -2.46. The Bertz CT molecular complexity index is 403. The number of carbonyl (C=O) groups is 3. The Morgan fingerprint density at radius 3 is 2.48 bits per heavy atom. The topological polar surface area (TPSA) is 78.5 Å². The van der Waals surface area contributed by atoms with E-state index in [0.717, 1.165) is 25.7 Å². The molecule has 2 fully saturated rings. The highest BCUT2D eigenvalue weighted by molar-refractivity contribution is 6.06. The van der Waals surface area contributed by atoms with Gasteiger partial charge >= 0.3 is 0 Å². The van der Waals surface area contributed by atoms with Crippen molar-refractivity contribution in [3.05, 3.63) is 0 Å². The highest BCUT2D eigenvalue weighted by atomic mass is 16.2. The predicted molar refractivity (Wildman–Crippen MR) is 78.4 cm³/mol. The summed E-state index contributed by atoms with van der Waals surface area (Å²) in [5.74, 6) is -0.401. The summed E-state index contributed by atoms with van der Waals surface area (Å²) in [6, 6.07) is -0.480. The number of likely N-dealkylation sites (N-methyl/N-ethyl adjacent to an activating group) is 1. The van der Waals surface area contributed by atoms with Crippen LogP contribution < -0.4 is 10.6 Å². The number of nitrogens with one attached hydrogen (secondary N) is 2. The Morgan fingerprint density at radius 1 is 1.19 bits per heavy atom. The maximum absolute atomic E-state index is 12.4. The van der Waals surface area contributed by atoms with Gasteiger partial charge in [-0.25, -0.2) is 0 Å². The maximum Gasteiger partial charge on any atom is 0.247 e. The first kappa shape index (κ1) is 15.9. The normalized spacial score (nSPS) is 24.2. The molecule has 0 aromatic rings. The number of likely N-dealkylation sites (tertiary alicyclic amines) is 1. The lowest BCUT2D eigenvalue weighted by atomic mass is 10.1. The van der Waals surface area contributed by atoms with E-state index in [1.807, 2.05) is 6.92 Å². The van der Waals surface area contributed by atoms with Crippen molar-refractivity contribution in [1.82, 2.24) is 15.5 Å². The van der Waals surface area contributed by atoms with Crippen LogP contribution in [0.3, 0.4) is 0 Å². The second-order valence-corrected chi connectivity index (χ2v) is 5.84. The van der Waals surface area contributed by atoms with E-state index in [0.29, 0.717) is 6.54 Å². The average Bonchev–Trinajstić information content (AvgIpc) is 2.65. The molecule has 118 valence electrons. The van der Waals surface area contributed by atoms with Gasteiger partial charge in [0.1, 0.15) is 0 Å². The molecule has 1 heterocycles. The fourth-order valence-corrected chi connectivity index (χ4v) is 3.19. The van der Waals surface area contributed by atoms with Crippen LogP contribution in [-0.4, -0.2) is 47.8 Å². The summed E-state index contributed by atoms with van der Waals surface area (Å²) in [6.45, 7) is 2.48. The Morgan fingerprint density at radius 2 is 1.86 bits per heavy atom. The average molecular weight is 295 g/mol. The number of carbonyl (C=O) groups excluding carboxylic acids is 3. The van der Waals surface area contributed by atoms with Crippen LogP contribution in [0.1, 0.15) is 51.9 Å². The van der Waals surface area contributed by atoms with Crippen LogP contribution >= 0.6 is 0 Å². The van der Waals surface area contributed by atoms with Gasteiger partial charge in [-0.05, 0) is 19.8 Å². The number of imide groups is 1. The third kappa shape index (κ3) is 4.03. The molecule has 2 rings (SSSR count). The molecular weight excluding hydrogens is 270 g/mol. The molecule has 0 aromatic carbocycles. The van der Waals surface area contributed by atoms with Crippen molar-refractivity contribution in [3.63, 3.8) is 0 Å². The Hall–Kier alpha value is -1.43. The number of hydrogen-bond acceptors (Lipinski definition) is 4. The van der Waals surface area contributed by atoms with Gasteiger partial charge in [0.05, 0.1) is 19.0 Å². The second-order valence-electron chi connectivity index (χ2n) is 5.84. The van der Waals surface area contributed by atoms with Crippen molar-refractivity contribution in [3.8, 4) is 0 Å². The third-order valence-corrected chi connectivity index (χ3v) is 4.26. The molecule has 0 bridgehead atoms. The molecular formula is C15H25N3O3. The van der Waals surface area contributed by atoms with Crippen LogP contribution in [0.15, 0.2) is 0 Å². The van der Waals surface area contributed by atoms with Gasteiger partial charge in [0.25, 0.3) is 0 Å². The maximum atomic E-state index is 12.4. The fourth-order valence-electron chi connectivity index (χ4n) is 3.19. The van der Waals surface area contributed by atoms with E-state index in [1.165, 1.54) is 17.7 Å². The lowest BCUT2D eigenvalue weighted by molar-refractivity contribution is -0.141. The monoisotopic (exact) mass is 295 g/mol. The molecule has 6 nitrogen and oxygen atoms in total. The van der Waals surface area contributed by atoms with Crippen LogP contribution in [0.5, 0.6) is 0 Å². The smallest absolute Gasteiger partial charge is 0.247 e. The number of nitrogens with zero attached hydrogens (tertiary/aromatic N) is 1. The van der Waals surface area contributed by atoms with Crippen molar-refractivity contribution in [2.45, 2.75) is 64.0 Å². The van der Waals surface area contributed by atoms with Crippen LogP contribution in [0.4, 0.5) is 0 Å². The molecule has 3 amide bonds. The Kier molecular flexibility index (Phi) is 5.73. The van der Waals surface area contributed by atoms with Gasteiger partial charge in [0.2, 0.25) is 17.7 Å². The fraction of sp³-hybridized carbons (Fsp3) is 0.800. The second kappa shape index (κ2) is 7.54. The third-order valence-electron chi connectivity index (χ3n) is 4.26. The molecule has 1 aliphatic heterocycles. The highest BCUT2D eigenvalue weighted by Gasteiger charge is 2.42. The molecule has 6 heteroatoms. The molecule has 2 N–H and O–H groups in total. The van der Waals surface area contributed by atoms with Gasteiger partial charge in [-0.2, -0.15) is 0 Å². The van der Waals surface area contributed by atoms with Gasteiger partial charge in [-0.3, -0.25) is 24.6 Å². The zero-order valence-corrected chi connectivity index (χ0v) is 12.7. The van der Waals surface area contributed by atoms with Crippen LogP contribution in [0, 0.1) is 0 Å². The summed E-state index contributed by atoms with van der Waals surface area (Å²) in [4.78, 5) is 37.4. The van der Waals surface area contributed by atoms with Crippen molar-refractivity contribution in [1.29, 1.82) is 0 Å². The van der Waals surface area contributed by atoms with E-state index < -0.39 is 6.04 Å². The van der Waals surface area contributed by atoms with Gasteiger partial charge in [-0.1, -0.05) is 25.7 Å². The molecule has 1 unspecified atom stereocenters. The van der Waals surface area contributed by atoms with E-state index >= 15 is 0 Å². The molecule has 0 radical (unpaired) electrons. The van der Waals surface area contributed by atoms with E-state index in [1.54, 1.807) is 0 Å². The molecule has 1 atom stereocenters. The SMILES string of the molecule is CCNC(=O)CNC1CC(=O)N(C2CCCCCC2)C1=O.